The van der Waals surface area contributed by atoms with Crippen molar-refractivity contribution in [1.29, 1.82) is 0 Å². The van der Waals surface area contributed by atoms with Crippen LogP contribution in [-0.4, -0.2) is 45.7 Å². The van der Waals surface area contributed by atoms with Crippen LogP contribution in [0.25, 0.3) is 10.9 Å². The van der Waals surface area contributed by atoms with Crippen LogP contribution in [0.1, 0.15) is 40.1 Å². The van der Waals surface area contributed by atoms with E-state index in [9.17, 15) is 9.59 Å². The molecule has 34 heavy (non-hydrogen) atoms. The molecule has 0 aliphatic heterocycles. The average Bonchev–Trinajstić information content (AvgIpc) is 3.37. The number of aryl methyl sites for hydroxylation is 1. The van der Waals surface area contributed by atoms with Crippen molar-refractivity contribution in [1.82, 2.24) is 14.8 Å². The van der Waals surface area contributed by atoms with E-state index < -0.39 is 0 Å². The summed E-state index contributed by atoms with van der Waals surface area (Å²) in [4.78, 5) is 33.4. The Bertz CT molecular complexity index is 1270. The molecule has 2 heterocycles. The Morgan fingerprint density at radius 3 is 2.56 bits per heavy atom. The second-order valence-corrected chi connectivity index (χ2v) is 9.05. The number of hydrogen-bond donors (Lipinski definition) is 1. The maximum Gasteiger partial charge on any atom is 0.290 e. The molecule has 0 unspecified atom stereocenters. The summed E-state index contributed by atoms with van der Waals surface area (Å²) in [5.41, 5.74) is 4.54. The van der Waals surface area contributed by atoms with Crippen LogP contribution in [0.5, 0.6) is 0 Å². The minimum atomic E-state index is -0.215. The molecule has 0 saturated heterocycles. The number of benzene rings is 2. The topological polar surface area (TPSA) is 69.6 Å². The van der Waals surface area contributed by atoms with Gasteiger partial charge in [-0.25, -0.2) is 0 Å². The summed E-state index contributed by atoms with van der Waals surface area (Å²) >= 11 is 0. The Kier molecular flexibility index (Phi) is 6.21. The minimum Gasteiger partial charge on any atom is -0.459 e. The summed E-state index contributed by atoms with van der Waals surface area (Å²) < 4.78 is 5.32. The van der Waals surface area contributed by atoms with Crippen molar-refractivity contribution >= 4 is 22.7 Å². The second kappa shape index (κ2) is 9.59. The molecule has 2 aromatic carbocycles. The maximum absolute atomic E-state index is 13.5. The van der Waals surface area contributed by atoms with Gasteiger partial charge in [0, 0.05) is 36.2 Å². The van der Waals surface area contributed by atoms with E-state index in [2.05, 4.69) is 48.3 Å². The lowest BCUT2D eigenvalue weighted by molar-refractivity contribution is -0.132. The summed E-state index contributed by atoms with van der Waals surface area (Å²) in [5, 5.41) is 1.18. The molecule has 6 heteroatoms. The van der Waals surface area contributed by atoms with Crippen LogP contribution in [0.2, 0.25) is 0 Å². The molecule has 5 rings (SSSR count). The molecule has 4 aromatic rings. The van der Waals surface area contributed by atoms with Gasteiger partial charge in [-0.15, -0.1) is 0 Å². The number of hydrogen-bond acceptors (Lipinski definition) is 3. The van der Waals surface area contributed by atoms with Crippen LogP contribution in [0.4, 0.5) is 0 Å². The van der Waals surface area contributed by atoms with Crippen molar-refractivity contribution in [2.24, 2.45) is 0 Å². The molecule has 1 aliphatic carbocycles. The van der Waals surface area contributed by atoms with Gasteiger partial charge < -0.3 is 19.2 Å². The number of nitrogens with zero attached hydrogens (tertiary/aromatic N) is 2. The van der Waals surface area contributed by atoms with E-state index in [1.165, 1.54) is 22.8 Å². The lowest BCUT2D eigenvalue weighted by atomic mass is 10.1. The molecular formula is C28H29N3O3. The highest BCUT2D eigenvalue weighted by molar-refractivity contribution is 5.94. The number of carbonyl (C=O) groups excluding carboxylic acids is 2. The van der Waals surface area contributed by atoms with Crippen LogP contribution < -0.4 is 0 Å². The van der Waals surface area contributed by atoms with Crippen LogP contribution >= 0.6 is 0 Å². The number of carbonyl (C=O) groups is 2. The molecule has 0 bridgehead atoms. The highest BCUT2D eigenvalue weighted by atomic mass is 16.3. The predicted octanol–water partition coefficient (Wildman–Crippen LogP) is 4.95. The normalized spacial score (nSPS) is 13.2. The first-order chi connectivity index (χ1) is 16.6. The first-order valence-corrected chi connectivity index (χ1v) is 11.8. The molecule has 174 valence electrons. The first-order valence-electron chi connectivity index (χ1n) is 11.8. The number of nitrogens with one attached hydrogen (secondary N) is 1. The Hall–Kier alpha value is -3.80. The van der Waals surface area contributed by atoms with Crippen LogP contribution in [0.3, 0.4) is 0 Å². The molecule has 1 fully saturated rings. The summed E-state index contributed by atoms with van der Waals surface area (Å²) in [6.07, 6.45) is 6.10. The number of fused-ring (bicyclic) bond motifs is 1. The first kappa shape index (κ1) is 22.0. The molecule has 0 radical (unpaired) electrons. The number of furan rings is 1. The number of amides is 2. The summed E-state index contributed by atoms with van der Waals surface area (Å²) in [7, 11) is 0. The summed E-state index contributed by atoms with van der Waals surface area (Å²) in [6.45, 7) is 3.19. The quantitative estimate of drug-likeness (QED) is 0.388. The maximum atomic E-state index is 13.5. The van der Waals surface area contributed by atoms with Crippen molar-refractivity contribution in [3.05, 3.63) is 95.6 Å². The highest BCUT2D eigenvalue weighted by Gasteiger charge is 2.36. The second-order valence-electron chi connectivity index (χ2n) is 9.05. The van der Waals surface area contributed by atoms with Gasteiger partial charge >= 0.3 is 0 Å². The molecule has 1 aliphatic rings. The van der Waals surface area contributed by atoms with Crippen LogP contribution in [-0.2, 0) is 17.8 Å². The van der Waals surface area contributed by atoms with Gasteiger partial charge in [0.25, 0.3) is 5.91 Å². The molecule has 0 atom stereocenters. The molecule has 0 spiro atoms. The van der Waals surface area contributed by atoms with Crippen molar-refractivity contribution in [2.75, 3.05) is 13.1 Å². The average molecular weight is 456 g/mol. The number of H-pyrrole nitrogens is 1. The lowest BCUT2D eigenvalue weighted by Gasteiger charge is -2.27. The standard InChI is InChI=1S/C28H29N3O3/c1-20-8-10-21(11-9-20)18-30(15-14-22-17-29-25-6-3-2-5-24(22)25)27(32)19-31(23-12-13-23)28(33)26-7-4-16-34-26/h2-11,16-17,23,29H,12-15,18-19H2,1H3. The summed E-state index contributed by atoms with van der Waals surface area (Å²) in [5.74, 6) is 0.0172. The van der Waals surface area contributed by atoms with E-state index in [1.807, 2.05) is 23.2 Å². The zero-order chi connectivity index (χ0) is 23.5. The van der Waals surface area contributed by atoms with Crippen molar-refractivity contribution in [3.8, 4) is 0 Å². The largest absolute Gasteiger partial charge is 0.459 e. The van der Waals surface area contributed by atoms with Gasteiger partial charge in [-0.3, -0.25) is 9.59 Å². The molecule has 2 aromatic heterocycles. The molecule has 1 N–H and O–H groups in total. The number of aromatic nitrogens is 1. The number of para-hydroxylation sites is 1. The van der Waals surface area contributed by atoms with Gasteiger partial charge in [0.2, 0.25) is 5.91 Å². The van der Waals surface area contributed by atoms with E-state index in [4.69, 9.17) is 4.42 Å². The van der Waals surface area contributed by atoms with Gasteiger partial charge in [-0.05, 0) is 55.5 Å². The van der Waals surface area contributed by atoms with Crippen LogP contribution in [0, 0.1) is 6.92 Å². The SMILES string of the molecule is Cc1ccc(CN(CCc2c[nH]c3ccccc23)C(=O)CN(C(=O)c2ccco2)C2CC2)cc1. The monoisotopic (exact) mass is 455 g/mol. The van der Waals surface area contributed by atoms with Crippen molar-refractivity contribution in [2.45, 2.75) is 38.8 Å². The lowest BCUT2D eigenvalue weighted by Crippen LogP contribution is -2.44. The highest BCUT2D eigenvalue weighted by Crippen LogP contribution is 2.28. The van der Waals surface area contributed by atoms with E-state index in [0.717, 1.165) is 30.3 Å². The molecule has 1 saturated carbocycles. The zero-order valence-corrected chi connectivity index (χ0v) is 19.4. The molecular weight excluding hydrogens is 426 g/mol. The van der Waals surface area contributed by atoms with Gasteiger partial charge in [0.05, 0.1) is 6.26 Å². The number of aromatic amines is 1. The van der Waals surface area contributed by atoms with Gasteiger partial charge in [-0.1, -0.05) is 48.0 Å². The Morgan fingerprint density at radius 1 is 1.03 bits per heavy atom. The predicted molar refractivity (Wildman–Crippen MR) is 131 cm³/mol. The zero-order valence-electron chi connectivity index (χ0n) is 19.4. The van der Waals surface area contributed by atoms with E-state index in [0.29, 0.717) is 13.1 Å². The third-order valence-corrected chi connectivity index (χ3v) is 6.46. The fourth-order valence-corrected chi connectivity index (χ4v) is 4.34. The third kappa shape index (κ3) is 4.91. The smallest absolute Gasteiger partial charge is 0.290 e. The Morgan fingerprint density at radius 2 is 1.82 bits per heavy atom. The van der Waals surface area contributed by atoms with E-state index >= 15 is 0 Å². The van der Waals surface area contributed by atoms with Crippen LogP contribution in [0.15, 0.2) is 77.5 Å². The Balaban J connectivity index is 1.34. The number of rotatable bonds is 9. The van der Waals surface area contributed by atoms with Gasteiger partial charge in [0.15, 0.2) is 5.76 Å². The van der Waals surface area contributed by atoms with Gasteiger partial charge in [0.1, 0.15) is 6.54 Å². The fourth-order valence-electron chi connectivity index (χ4n) is 4.34. The fraction of sp³-hybridized carbons (Fsp3) is 0.286. The van der Waals surface area contributed by atoms with E-state index in [-0.39, 0.29) is 30.2 Å². The molecule has 6 nitrogen and oxygen atoms in total. The summed E-state index contributed by atoms with van der Waals surface area (Å²) in [6, 6.07) is 19.9. The van der Waals surface area contributed by atoms with Crippen molar-refractivity contribution in [3.63, 3.8) is 0 Å². The third-order valence-electron chi connectivity index (χ3n) is 6.46. The van der Waals surface area contributed by atoms with Crippen molar-refractivity contribution < 1.29 is 14.0 Å². The Labute approximate surface area is 199 Å². The molecule has 2 amide bonds. The van der Waals surface area contributed by atoms with E-state index in [1.54, 1.807) is 17.0 Å². The minimum absolute atomic E-state index is 0.0489. The van der Waals surface area contributed by atoms with Gasteiger partial charge in [-0.2, -0.15) is 0 Å².